The van der Waals surface area contributed by atoms with Gasteiger partial charge in [-0.15, -0.1) is 0 Å². The summed E-state index contributed by atoms with van der Waals surface area (Å²) < 4.78 is 7.45. The Balaban J connectivity index is 1.61. The number of rotatable bonds is 6. The molecule has 6 nitrogen and oxygen atoms in total. The molecule has 3 rings (SSSR count). The molecule has 0 fully saturated rings. The molecule has 3 aromatic rings. The summed E-state index contributed by atoms with van der Waals surface area (Å²) in [5.41, 5.74) is 1.84. The van der Waals surface area contributed by atoms with Crippen molar-refractivity contribution in [3.63, 3.8) is 0 Å². The first-order valence-electron chi connectivity index (χ1n) is 7.37. The van der Waals surface area contributed by atoms with Crippen molar-refractivity contribution in [2.24, 2.45) is 0 Å². The Morgan fingerprint density at radius 3 is 2.70 bits per heavy atom. The SMILES string of the molecule is Cc1ccc(OCC(O)Cn2ccnc2-c2cnccn2)cc1. The Hall–Kier alpha value is -2.73. The molecule has 1 atom stereocenters. The lowest BCUT2D eigenvalue weighted by atomic mass is 10.2. The highest BCUT2D eigenvalue weighted by Crippen LogP contribution is 2.15. The van der Waals surface area contributed by atoms with Crippen LogP contribution in [0.2, 0.25) is 0 Å². The average molecular weight is 310 g/mol. The van der Waals surface area contributed by atoms with Crippen molar-refractivity contribution < 1.29 is 9.84 Å². The lowest BCUT2D eigenvalue weighted by Gasteiger charge is -2.14. The van der Waals surface area contributed by atoms with Gasteiger partial charge in [-0.25, -0.2) is 9.97 Å². The molecule has 23 heavy (non-hydrogen) atoms. The molecule has 2 aromatic heterocycles. The van der Waals surface area contributed by atoms with Crippen molar-refractivity contribution in [2.75, 3.05) is 6.61 Å². The smallest absolute Gasteiger partial charge is 0.160 e. The van der Waals surface area contributed by atoms with Crippen LogP contribution in [0.3, 0.4) is 0 Å². The van der Waals surface area contributed by atoms with Gasteiger partial charge in [0.15, 0.2) is 5.82 Å². The summed E-state index contributed by atoms with van der Waals surface area (Å²) in [4.78, 5) is 12.5. The van der Waals surface area contributed by atoms with Crippen LogP contribution in [0.4, 0.5) is 0 Å². The number of nitrogens with zero attached hydrogens (tertiary/aromatic N) is 4. The van der Waals surface area contributed by atoms with Crippen LogP contribution in [-0.4, -0.2) is 37.3 Å². The largest absolute Gasteiger partial charge is 0.491 e. The molecule has 0 amide bonds. The van der Waals surface area contributed by atoms with Crippen molar-refractivity contribution in [3.05, 3.63) is 60.8 Å². The van der Waals surface area contributed by atoms with Crippen LogP contribution in [0.5, 0.6) is 5.75 Å². The third kappa shape index (κ3) is 3.92. The summed E-state index contributed by atoms with van der Waals surface area (Å²) >= 11 is 0. The topological polar surface area (TPSA) is 73.1 Å². The molecule has 0 aliphatic heterocycles. The van der Waals surface area contributed by atoms with Crippen LogP contribution in [0.25, 0.3) is 11.5 Å². The van der Waals surface area contributed by atoms with Crippen molar-refractivity contribution in [2.45, 2.75) is 19.6 Å². The van der Waals surface area contributed by atoms with E-state index in [1.807, 2.05) is 35.8 Å². The second-order valence-electron chi connectivity index (χ2n) is 5.27. The maximum atomic E-state index is 10.2. The minimum Gasteiger partial charge on any atom is -0.491 e. The zero-order valence-corrected chi connectivity index (χ0v) is 12.8. The van der Waals surface area contributed by atoms with Gasteiger partial charge < -0.3 is 14.4 Å². The molecule has 6 heteroatoms. The summed E-state index contributed by atoms with van der Waals surface area (Å²) in [5, 5.41) is 10.2. The van der Waals surface area contributed by atoms with Crippen molar-refractivity contribution >= 4 is 0 Å². The summed E-state index contributed by atoms with van der Waals surface area (Å²) in [6.07, 6.45) is 7.71. The number of aromatic nitrogens is 4. The van der Waals surface area contributed by atoms with E-state index in [-0.39, 0.29) is 6.61 Å². The molecule has 0 saturated carbocycles. The summed E-state index contributed by atoms with van der Waals surface area (Å²) in [5.74, 6) is 1.42. The first-order chi connectivity index (χ1) is 11.2. The van der Waals surface area contributed by atoms with E-state index < -0.39 is 6.10 Å². The van der Waals surface area contributed by atoms with E-state index >= 15 is 0 Å². The minimum atomic E-state index is -0.652. The molecular formula is C17H18N4O2. The zero-order chi connectivity index (χ0) is 16.1. The highest BCUT2D eigenvalue weighted by Gasteiger charge is 2.12. The molecule has 0 saturated heterocycles. The predicted octanol–water partition coefficient (Wildman–Crippen LogP) is 2.09. The predicted molar refractivity (Wildman–Crippen MR) is 85.9 cm³/mol. The molecular weight excluding hydrogens is 292 g/mol. The Bertz CT molecular complexity index is 741. The maximum absolute atomic E-state index is 10.2. The fourth-order valence-corrected chi connectivity index (χ4v) is 2.21. The standard InChI is InChI=1S/C17H18N4O2/c1-13-2-4-15(5-3-13)23-12-14(22)11-21-9-8-20-17(21)16-10-18-6-7-19-16/h2-10,14,22H,11-12H2,1H3. The summed E-state index contributed by atoms with van der Waals surface area (Å²) in [6.45, 7) is 2.60. The minimum absolute atomic E-state index is 0.209. The fourth-order valence-electron chi connectivity index (χ4n) is 2.21. The van der Waals surface area contributed by atoms with E-state index in [1.165, 1.54) is 5.56 Å². The normalized spacial score (nSPS) is 12.1. The van der Waals surface area contributed by atoms with Gasteiger partial charge in [-0.2, -0.15) is 0 Å². The second kappa shape index (κ2) is 7.02. The number of ether oxygens (including phenoxy) is 1. The molecule has 118 valence electrons. The Morgan fingerprint density at radius 1 is 1.13 bits per heavy atom. The van der Waals surface area contributed by atoms with Gasteiger partial charge in [0.2, 0.25) is 0 Å². The summed E-state index contributed by atoms with van der Waals surface area (Å²) in [7, 11) is 0. The number of hydrogen-bond donors (Lipinski definition) is 1. The van der Waals surface area contributed by atoms with Crippen LogP contribution in [-0.2, 0) is 6.54 Å². The summed E-state index contributed by atoms with van der Waals surface area (Å²) in [6, 6.07) is 7.74. The molecule has 0 aliphatic carbocycles. The number of hydrogen-bond acceptors (Lipinski definition) is 5. The average Bonchev–Trinajstić information content (AvgIpc) is 3.03. The van der Waals surface area contributed by atoms with E-state index in [4.69, 9.17) is 4.74 Å². The highest BCUT2D eigenvalue weighted by atomic mass is 16.5. The number of benzene rings is 1. The number of imidazole rings is 1. The van der Waals surface area contributed by atoms with E-state index in [1.54, 1.807) is 31.0 Å². The number of aliphatic hydroxyl groups excluding tert-OH is 1. The quantitative estimate of drug-likeness (QED) is 0.754. The number of aryl methyl sites for hydroxylation is 1. The van der Waals surface area contributed by atoms with Crippen LogP contribution in [0.1, 0.15) is 5.56 Å². The zero-order valence-electron chi connectivity index (χ0n) is 12.8. The second-order valence-corrected chi connectivity index (χ2v) is 5.27. The van der Waals surface area contributed by atoms with Crippen LogP contribution in [0, 0.1) is 6.92 Å². The monoisotopic (exact) mass is 310 g/mol. The Morgan fingerprint density at radius 2 is 1.96 bits per heavy atom. The molecule has 0 aliphatic rings. The maximum Gasteiger partial charge on any atom is 0.160 e. The van der Waals surface area contributed by atoms with Crippen LogP contribution < -0.4 is 4.74 Å². The number of aliphatic hydroxyl groups is 1. The third-order valence-corrected chi connectivity index (χ3v) is 3.38. The van der Waals surface area contributed by atoms with Gasteiger partial charge in [-0.05, 0) is 19.1 Å². The fraction of sp³-hybridized carbons (Fsp3) is 0.235. The van der Waals surface area contributed by atoms with Crippen molar-refractivity contribution in [3.8, 4) is 17.3 Å². The Labute approximate surface area is 134 Å². The molecule has 0 radical (unpaired) electrons. The van der Waals surface area contributed by atoms with Crippen molar-refractivity contribution in [1.29, 1.82) is 0 Å². The lowest BCUT2D eigenvalue weighted by molar-refractivity contribution is 0.0928. The lowest BCUT2D eigenvalue weighted by Crippen LogP contribution is -2.23. The van der Waals surface area contributed by atoms with Gasteiger partial charge in [0, 0.05) is 24.8 Å². The van der Waals surface area contributed by atoms with Gasteiger partial charge in [0.1, 0.15) is 24.2 Å². The molecule has 2 heterocycles. The first kappa shape index (κ1) is 15.2. The molecule has 1 N–H and O–H groups in total. The van der Waals surface area contributed by atoms with Gasteiger partial charge in [0.05, 0.1) is 12.7 Å². The molecule has 1 aromatic carbocycles. The van der Waals surface area contributed by atoms with Gasteiger partial charge in [0.25, 0.3) is 0 Å². The van der Waals surface area contributed by atoms with E-state index in [2.05, 4.69) is 15.0 Å². The van der Waals surface area contributed by atoms with E-state index in [0.717, 1.165) is 5.75 Å². The van der Waals surface area contributed by atoms with Gasteiger partial charge in [-0.1, -0.05) is 17.7 Å². The van der Waals surface area contributed by atoms with E-state index in [9.17, 15) is 5.11 Å². The third-order valence-electron chi connectivity index (χ3n) is 3.38. The van der Waals surface area contributed by atoms with Gasteiger partial charge >= 0.3 is 0 Å². The van der Waals surface area contributed by atoms with Gasteiger partial charge in [-0.3, -0.25) is 4.98 Å². The van der Waals surface area contributed by atoms with Crippen LogP contribution in [0.15, 0.2) is 55.2 Å². The highest BCUT2D eigenvalue weighted by molar-refractivity contribution is 5.47. The van der Waals surface area contributed by atoms with Crippen molar-refractivity contribution in [1.82, 2.24) is 19.5 Å². The molecule has 0 spiro atoms. The van der Waals surface area contributed by atoms with E-state index in [0.29, 0.717) is 18.1 Å². The first-order valence-corrected chi connectivity index (χ1v) is 7.37. The molecule has 1 unspecified atom stereocenters. The molecule has 0 bridgehead atoms. The Kier molecular flexibility index (Phi) is 4.63. The van der Waals surface area contributed by atoms with Crippen LogP contribution >= 0.6 is 0 Å².